The average Bonchev–Trinajstić information content (AvgIpc) is 2.86. The summed E-state index contributed by atoms with van der Waals surface area (Å²) in [7, 11) is -3.25. The van der Waals surface area contributed by atoms with Crippen molar-refractivity contribution in [1.82, 2.24) is 19.6 Å². The molecule has 1 saturated heterocycles. The lowest BCUT2D eigenvalue weighted by Crippen LogP contribution is -2.30. The molecule has 7 nitrogen and oxygen atoms in total. The van der Waals surface area contributed by atoms with Gasteiger partial charge in [-0.05, 0) is 18.9 Å². The molecule has 0 radical (unpaired) electrons. The predicted molar refractivity (Wildman–Crippen MR) is 73.1 cm³/mol. The van der Waals surface area contributed by atoms with Gasteiger partial charge in [-0.25, -0.2) is 18.4 Å². The van der Waals surface area contributed by atoms with Crippen LogP contribution in [0.15, 0.2) is 12.3 Å². The highest BCUT2D eigenvalue weighted by atomic mass is 32.2. The van der Waals surface area contributed by atoms with E-state index in [-0.39, 0.29) is 11.9 Å². The SMILES string of the molecule is CC(=O)NCc1ccnc([C@H]2CCCN2S(C)(=O)=O)n1. The summed E-state index contributed by atoms with van der Waals surface area (Å²) in [5, 5.41) is 2.66. The molecule has 110 valence electrons. The molecule has 8 heteroatoms. The van der Waals surface area contributed by atoms with E-state index in [0.29, 0.717) is 24.6 Å². The molecule has 1 fully saturated rings. The normalized spacial score (nSPS) is 20.0. The van der Waals surface area contributed by atoms with E-state index < -0.39 is 10.0 Å². The van der Waals surface area contributed by atoms with Gasteiger partial charge in [0.05, 0.1) is 24.5 Å². The fourth-order valence-electron chi connectivity index (χ4n) is 2.28. The quantitative estimate of drug-likeness (QED) is 0.858. The second-order valence-corrected chi connectivity index (χ2v) is 6.78. The van der Waals surface area contributed by atoms with Crippen molar-refractivity contribution in [2.24, 2.45) is 0 Å². The van der Waals surface area contributed by atoms with E-state index in [2.05, 4.69) is 15.3 Å². The van der Waals surface area contributed by atoms with Gasteiger partial charge < -0.3 is 5.32 Å². The van der Waals surface area contributed by atoms with E-state index in [4.69, 9.17) is 0 Å². The highest BCUT2D eigenvalue weighted by Crippen LogP contribution is 2.31. The number of carbonyl (C=O) groups is 1. The topological polar surface area (TPSA) is 92.3 Å². The van der Waals surface area contributed by atoms with Crippen LogP contribution in [0.25, 0.3) is 0 Å². The molecule has 1 amide bonds. The Labute approximate surface area is 118 Å². The van der Waals surface area contributed by atoms with Crippen molar-refractivity contribution in [2.45, 2.75) is 32.4 Å². The van der Waals surface area contributed by atoms with E-state index in [1.807, 2.05) is 0 Å². The van der Waals surface area contributed by atoms with Gasteiger partial charge >= 0.3 is 0 Å². The Morgan fingerprint density at radius 1 is 1.55 bits per heavy atom. The zero-order chi connectivity index (χ0) is 14.8. The Bertz CT molecular complexity index is 602. The van der Waals surface area contributed by atoms with Crippen LogP contribution in [0.3, 0.4) is 0 Å². The van der Waals surface area contributed by atoms with Gasteiger partial charge in [0.2, 0.25) is 15.9 Å². The molecule has 0 unspecified atom stereocenters. The van der Waals surface area contributed by atoms with E-state index in [1.54, 1.807) is 12.3 Å². The third-order valence-electron chi connectivity index (χ3n) is 3.18. The Kier molecular flexibility index (Phi) is 4.34. The number of nitrogens with one attached hydrogen (secondary N) is 1. The molecule has 2 heterocycles. The zero-order valence-electron chi connectivity index (χ0n) is 11.5. The first kappa shape index (κ1) is 14.9. The van der Waals surface area contributed by atoms with Gasteiger partial charge in [-0.2, -0.15) is 4.31 Å². The fraction of sp³-hybridized carbons (Fsp3) is 0.583. The molecule has 2 rings (SSSR count). The van der Waals surface area contributed by atoms with Gasteiger partial charge in [0, 0.05) is 19.7 Å². The zero-order valence-corrected chi connectivity index (χ0v) is 12.4. The average molecular weight is 298 g/mol. The van der Waals surface area contributed by atoms with Crippen molar-refractivity contribution in [3.05, 3.63) is 23.8 Å². The van der Waals surface area contributed by atoms with Gasteiger partial charge in [0.15, 0.2) is 0 Å². The summed E-state index contributed by atoms with van der Waals surface area (Å²) in [5.41, 5.74) is 0.672. The van der Waals surface area contributed by atoms with Crippen LogP contribution in [0.4, 0.5) is 0 Å². The van der Waals surface area contributed by atoms with Crippen molar-refractivity contribution in [1.29, 1.82) is 0 Å². The van der Waals surface area contributed by atoms with Crippen LogP contribution < -0.4 is 5.32 Å². The molecule has 0 spiro atoms. The van der Waals surface area contributed by atoms with Crippen LogP contribution in [0.1, 0.15) is 37.3 Å². The van der Waals surface area contributed by atoms with E-state index in [1.165, 1.54) is 17.5 Å². The Morgan fingerprint density at radius 3 is 2.95 bits per heavy atom. The number of aromatic nitrogens is 2. The highest BCUT2D eigenvalue weighted by molar-refractivity contribution is 7.88. The summed E-state index contributed by atoms with van der Waals surface area (Å²) in [6.45, 7) is 2.25. The number of nitrogens with zero attached hydrogens (tertiary/aromatic N) is 3. The molecule has 0 bridgehead atoms. The lowest BCUT2D eigenvalue weighted by molar-refractivity contribution is -0.119. The third kappa shape index (κ3) is 3.51. The minimum absolute atomic E-state index is 0.135. The standard InChI is InChI=1S/C12H18N4O3S/c1-9(17)14-8-10-5-6-13-12(15-10)11-4-3-7-16(11)20(2,18)19/h5-6,11H,3-4,7-8H2,1-2H3,(H,14,17)/t11-/m1/s1. The van der Waals surface area contributed by atoms with Crippen LogP contribution in [0, 0.1) is 0 Å². The van der Waals surface area contributed by atoms with Crippen molar-refractivity contribution in [3.63, 3.8) is 0 Å². The van der Waals surface area contributed by atoms with Crippen molar-refractivity contribution >= 4 is 15.9 Å². The minimum Gasteiger partial charge on any atom is -0.351 e. The smallest absolute Gasteiger partial charge is 0.217 e. The lowest BCUT2D eigenvalue weighted by Gasteiger charge is -2.21. The number of hydrogen-bond donors (Lipinski definition) is 1. The molecule has 1 aromatic heterocycles. The Morgan fingerprint density at radius 2 is 2.30 bits per heavy atom. The van der Waals surface area contributed by atoms with Crippen LogP contribution in [0.5, 0.6) is 0 Å². The van der Waals surface area contributed by atoms with E-state index >= 15 is 0 Å². The number of rotatable bonds is 4. The lowest BCUT2D eigenvalue weighted by atomic mass is 10.2. The maximum Gasteiger partial charge on any atom is 0.217 e. The van der Waals surface area contributed by atoms with Crippen LogP contribution in [-0.4, -0.2) is 41.4 Å². The van der Waals surface area contributed by atoms with Gasteiger partial charge in [0.1, 0.15) is 5.82 Å². The number of amides is 1. The van der Waals surface area contributed by atoms with Crippen molar-refractivity contribution in [2.75, 3.05) is 12.8 Å². The predicted octanol–water partition coefficient (Wildman–Crippen LogP) is 0.209. The molecule has 1 aliphatic heterocycles. The van der Waals surface area contributed by atoms with Crippen LogP contribution in [0.2, 0.25) is 0 Å². The third-order valence-corrected chi connectivity index (χ3v) is 4.47. The summed E-state index contributed by atoms with van der Waals surface area (Å²) in [6.07, 6.45) is 4.32. The summed E-state index contributed by atoms with van der Waals surface area (Å²) in [6, 6.07) is 1.40. The van der Waals surface area contributed by atoms with Gasteiger partial charge in [-0.1, -0.05) is 0 Å². The first-order valence-corrected chi connectivity index (χ1v) is 8.26. The molecule has 0 aliphatic carbocycles. The van der Waals surface area contributed by atoms with Gasteiger partial charge in [-0.15, -0.1) is 0 Å². The second kappa shape index (κ2) is 5.84. The largest absolute Gasteiger partial charge is 0.351 e. The monoisotopic (exact) mass is 298 g/mol. The number of sulfonamides is 1. The molecular formula is C12H18N4O3S. The second-order valence-electron chi connectivity index (χ2n) is 4.85. The first-order valence-electron chi connectivity index (χ1n) is 6.41. The molecule has 1 atom stereocenters. The minimum atomic E-state index is -3.25. The molecule has 0 aromatic carbocycles. The van der Waals surface area contributed by atoms with E-state index in [9.17, 15) is 13.2 Å². The number of hydrogen-bond acceptors (Lipinski definition) is 5. The Hall–Kier alpha value is -1.54. The van der Waals surface area contributed by atoms with Crippen molar-refractivity contribution < 1.29 is 13.2 Å². The Balaban J connectivity index is 2.20. The summed E-state index contributed by atoms with van der Waals surface area (Å²) < 4.78 is 24.9. The summed E-state index contributed by atoms with van der Waals surface area (Å²) >= 11 is 0. The van der Waals surface area contributed by atoms with Gasteiger partial charge in [-0.3, -0.25) is 4.79 Å². The van der Waals surface area contributed by atoms with Crippen LogP contribution in [-0.2, 0) is 21.4 Å². The maximum atomic E-state index is 11.7. The summed E-state index contributed by atoms with van der Waals surface area (Å²) in [5.74, 6) is 0.361. The molecule has 1 aliphatic rings. The molecular weight excluding hydrogens is 280 g/mol. The fourth-order valence-corrected chi connectivity index (χ4v) is 3.40. The highest BCUT2D eigenvalue weighted by Gasteiger charge is 2.34. The van der Waals surface area contributed by atoms with Crippen LogP contribution >= 0.6 is 0 Å². The number of carbonyl (C=O) groups excluding carboxylic acids is 1. The molecule has 20 heavy (non-hydrogen) atoms. The molecule has 0 saturated carbocycles. The van der Waals surface area contributed by atoms with Crippen molar-refractivity contribution in [3.8, 4) is 0 Å². The maximum absolute atomic E-state index is 11.7. The van der Waals surface area contributed by atoms with E-state index in [0.717, 1.165) is 12.8 Å². The molecule has 1 N–H and O–H groups in total. The van der Waals surface area contributed by atoms with Gasteiger partial charge in [0.25, 0.3) is 0 Å². The molecule has 1 aromatic rings. The summed E-state index contributed by atoms with van der Waals surface area (Å²) in [4.78, 5) is 19.4. The first-order chi connectivity index (χ1) is 9.38.